The molecule has 0 amide bonds. The predicted molar refractivity (Wildman–Crippen MR) is 73.8 cm³/mol. The molecule has 0 aliphatic rings. The van der Waals surface area contributed by atoms with E-state index in [4.69, 9.17) is 5.73 Å². The highest BCUT2D eigenvalue weighted by Gasteiger charge is 2.13. The lowest BCUT2D eigenvalue weighted by molar-refractivity contribution is 0.580. The van der Waals surface area contributed by atoms with Crippen LogP contribution in [0.4, 0.5) is 4.39 Å². The van der Waals surface area contributed by atoms with Crippen molar-refractivity contribution in [2.45, 2.75) is 19.4 Å². The van der Waals surface area contributed by atoms with E-state index in [9.17, 15) is 4.39 Å². The Labute approximate surface area is 113 Å². The number of aryl methyl sites for hydroxylation is 1. The van der Waals surface area contributed by atoms with Crippen molar-refractivity contribution < 1.29 is 4.39 Å². The fourth-order valence-corrected chi connectivity index (χ4v) is 3.23. The lowest BCUT2D eigenvalue weighted by Gasteiger charge is -2.12. The third-order valence-corrected chi connectivity index (χ3v) is 4.32. The summed E-state index contributed by atoms with van der Waals surface area (Å²) in [7, 11) is 0. The molecular weight excluding hydrogens is 301 g/mol. The number of rotatable bonds is 3. The number of nitrogens with two attached hydrogens (primary N) is 1. The lowest BCUT2D eigenvalue weighted by Crippen LogP contribution is -2.14. The summed E-state index contributed by atoms with van der Waals surface area (Å²) in [5.74, 6) is -0.215. The summed E-state index contributed by atoms with van der Waals surface area (Å²) in [6.45, 7) is 1.87. The molecule has 1 aromatic carbocycles. The molecule has 0 bridgehead atoms. The third kappa shape index (κ3) is 3.15. The van der Waals surface area contributed by atoms with Crippen LogP contribution in [0, 0.1) is 12.7 Å². The fourth-order valence-electron chi connectivity index (χ4n) is 1.72. The molecular formula is C13H13BrFNS. The molecule has 0 radical (unpaired) electrons. The van der Waals surface area contributed by atoms with Crippen LogP contribution in [0.5, 0.6) is 0 Å². The number of benzene rings is 1. The van der Waals surface area contributed by atoms with Crippen molar-refractivity contribution in [2.75, 3.05) is 0 Å². The monoisotopic (exact) mass is 313 g/mol. The average Bonchev–Trinajstić information content (AvgIpc) is 2.63. The first-order chi connectivity index (χ1) is 8.06. The van der Waals surface area contributed by atoms with Crippen LogP contribution < -0.4 is 5.73 Å². The summed E-state index contributed by atoms with van der Waals surface area (Å²) in [5, 5.41) is 2.01. The zero-order valence-electron chi connectivity index (χ0n) is 9.41. The summed E-state index contributed by atoms with van der Waals surface area (Å²) in [6.07, 6.45) is 0.663. The average molecular weight is 314 g/mol. The Morgan fingerprint density at radius 1 is 1.41 bits per heavy atom. The normalized spacial score (nSPS) is 12.7. The van der Waals surface area contributed by atoms with Crippen LogP contribution in [-0.2, 0) is 6.42 Å². The van der Waals surface area contributed by atoms with Gasteiger partial charge in [0, 0.05) is 32.8 Å². The Morgan fingerprint density at radius 2 is 2.18 bits per heavy atom. The highest BCUT2D eigenvalue weighted by atomic mass is 79.9. The largest absolute Gasteiger partial charge is 0.324 e. The molecule has 2 N–H and O–H groups in total. The second-order valence-corrected chi connectivity index (χ2v) is 5.98. The van der Waals surface area contributed by atoms with Gasteiger partial charge in [-0.05, 0) is 40.5 Å². The zero-order chi connectivity index (χ0) is 12.4. The molecule has 2 rings (SSSR count). The molecule has 0 saturated heterocycles. The molecule has 4 heteroatoms. The minimum atomic E-state index is -0.291. The van der Waals surface area contributed by atoms with Gasteiger partial charge in [0.05, 0.1) is 0 Å². The minimum Gasteiger partial charge on any atom is -0.324 e. The molecule has 0 saturated carbocycles. The van der Waals surface area contributed by atoms with E-state index < -0.39 is 0 Å². The Bertz CT molecular complexity index is 524. The molecule has 1 heterocycles. The quantitative estimate of drug-likeness (QED) is 0.903. The van der Waals surface area contributed by atoms with E-state index in [0.29, 0.717) is 12.0 Å². The fraction of sp³-hybridized carbons (Fsp3) is 0.231. The first-order valence-electron chi connectivity index (χ1n) is 5.31. The molecule has 0 spiro atoms. The van der Waals surface area contributed by atoms with Crippen LogP contribution in [0.3, 0.4) is 0 Å². The van der Waals surface area contributed by atoms with Gasteiger partial charge >= 0.3 is 0 Å². The van der Waals surface area contributed by atoms with Gasteiger partial charge in [0.1, 0.15) is 5.82 Å². The molecule has 17 heavy (non-hydrogen) atoms. The standard InChI is InChI=1S/C13H13BrFNS/c1-8-2-3-11(12(15)4-8)13(16)6-10-5-9(14)7-17-10/h2-5,7,13H,6,16H2,1H3. The first-order valence-corrected chi connectivity index (χ1v) is 6.98. The van der Waals surface area contributed by atoms with Crippen molar-refractivity contribution in [3.8, 4) is 0 Å². The first kappa shape index (κ1) is 12.7. The van der Waals surface area contributed by atoms with E-state index in [1.807, 2.05) is 24.4 Å². The van der Waals surface area contributed by atoms with Crippen LogP contribution in [0.2, 0.25) is 0 Å². The summed E-state index contributed by atoms with van der Waals surface area (Å²) in [6, 6.07) is 6.93. The van der Waals surface area contributed by atoms with E-state index >= 15 is 0 Å². The molecule has 0 aliphatic heterocycles. The summed E-state index contributed by atoms with van der Waals surface area (Å²) in [5.41, 5.74) is 7.54. The molecule has 0 fully saturated rings. The Kier molecular flexibility index (Phi) is 3.97. The summed E-state index contributed by atoms with van der Waals surface area (Å²) < 4.78 is 14.8. The highest BCUT2D eigenvalue weighted by Crippen LogP contribution is 2.25. The number of hydrogen-bond acceptors (Lipinski definition) is 2. The maximum absolute atomic E-state index is 13.7. The van der Waals surface area contributed by atoms with Gasteiger partial charge in [-0.25, -0.2) is 4.39 Å². The third-order valence-electron chi connectivity index (χ3n) is 2.60. The van der Waals surface area contributed by atoms with E-state index in [-0.39, 0.29) is 11.9 Å². The van der Waals surface area contributed by atoms with Gasteiger partial charge in [-0.2, -0.15) is 0 Å². The highest BCUT2D eigenvalue weighted by molar-refractivity contribution is 9.10. The number of hydrogen-bond donors (Lipinski definition) is 1. The van der Waals surface area contributed by atoms with Crippen molar-refractivity contribution in [3.05, 3.63) is 55.9 Å². The van der Waals surface area contributed by atoms with Gasteiger partial charge < -0.3 is 5.73 Å². The smallest absolute Gasteiger partial charge is 0.128 e. The Morgan fingerprint density at radius 3 is 2.76 bits per heavy atom. The van der Waals surface area contributed by atoms with E-state index in [1.165, 1.54) is 6.07 Å². The zero-order valence-corrected chi connectivity index (χ0v) is 11.8. The number of halogens is 2. The maximum Gasteiger partial charge on any atom is 0.128 e. The molecule has 1 unspecified atom stereocenters. The molecule has 1 nitrogen and oxygen atoms in total. The lowest BCUT2D eigenvalue weighted by atomic mass is 10.0. The van der Waals surface area contributed by atoms with Crippen molar-refractivity contribution in [1.82, 2.24) is 0 Å². The van der Waals surface area contributed by atoms with Crippen molar-refractivity contribution in [3.63, 3.8) is 0 Å². The second-order valence-electron chi connectivity index (χ2n) is 4.07. The Balaban J connectivity index is 2.17. The van der Waals surface area contributed by atoms with Crippen LogP contribution in [0.15, 0.2) is 34.1 Å². The second kappa shape index (κ2) is 5.29. The van der Waals surface area contributed by atoms with Crippen molar-refractivity contribution in [2.24, 2.45) is 5.73 Å². The summed E-state index contributed by atoms with van der Waals surface area (Å²) >= 11 is 5.03. The van der Waals surface area contributed by atoms with Crippen molar-refractivity contribution in [1.29, 1.82) is 0 Å². The molecule has 90 valence electrons. The predicted octanol–water partition coefficient (Wildman–Crippen LogP) is 4.20. The molecule has 1 atom stereocenters. The van der Waals surface area contributed by atoms with Crippen LogP contribution in [0.25, 0.3) is 0 Å². The summed E-state index contributed by atoms with van der Waals surface area (Å²) in [4.78, 5) is 1.16. The molecule has 1 aromatic heterocycles. The molecule has 0 aliphatic carbocycles. The van der Waals surface area contributed by atoms with E-state index in [1.54, 1.807) is 17.4 Å². The minimum absolute atomic E-state index is 0.215. The van der Waals surface area contributed by atoms with Crippen molar-refractivity contribution >= 4 is 27.3 Å². The van der Waals surface area contributed by atoms with Gasteiger partial charge in [0.25, 0.3) is 0 Å². The van der Waals surface area contributed by atoms with Gasteiger partial charge in [-0.3, -0.25) is 0 Å². The van der Waals surface area contributed by atoms with Gasteiger partial charge in [0.2, 0.25) is 0 Å². The van der Waals surface area contributed by atoms with E-state index in [2.05, 4.69) is 15.9 Å². The number of thiophene rings is 1. The molecule has 2 aromatic rings. The van der Waals surface area contributed by atoms with Crippen LogP contribution in [-0.4, -0.2) is 0 Å². The SMILES string of the molecule is Cc1ccc(C(N)Cc2cc(Br)cs2)c(F)c1. The topological polar surface area (TPSA) is 26.0 Å². The maximum atomic E-state index is 13.7. The van der Waals surface area contributed by atoms with Gasteiger partial charge in [-0.15, -0.1) is 11.3 Å². The Hall–Kier alpha value is -0.710. The van der Waals surface area contributed by atoms with Gasteiger partial charge in [0.15, 0.2) is 0 Å². The van der Waals surface area contributed by atoms with Crippen LogP contribution >= 0.6 is 27.3 Å². The van der Waals surface area contributed by atoms with Gasteiger partial charge in [-0.1, -0.05) is 12.1 Å². The van der Waals surface area contributed by atoms with Crippen LogP contribution in [0.1, 0.15) is 22.0 Å². The van der Waals surface area contributed by atoms with E-state index in [0.717, 1.165) is 14.9 Å².